The maximum Gasteiger partial charge on any atom is 0.333 e. The summed E-state index contributed by atoms with van der Waals surface area (Å²) in [4.78, 5) is 16.7. The molecule has 0 saturated heterocycles. The van der Waals surface area contributed by atoms with Crippen molar-refractivity contribution in [2.24, 2.45) is 0 Å². The fourth-order valence-electron chi connectivity index (χ4n) is 3.86. The van der Waals surface area contributed by atoms with Gasteiger partial charge < -0.3 is 5.32 Å². The monoisotopic (exact) mass is 334 g/mol. The van der Waals surface area contributed by atoms with E-state index < -0.39 is 0 Å². The van der Waals surface area contributed by atoms with Crippen molar-refractivity contribution in [3.05, 3.63) is 66.5 Å². The lowest BCUT2D eigenvalue weighted by molar-refractivity contribution is 0.246. The number of carbonyl (C=O) groups excluding carboxylic acids is 1. The number of imidazole rings is 1. The van der Waals surface area contributed by atoms with E-state index in [1.807, 2.05) is 30.3 Å². The van der Waals surface area contributed by atoms with E-state index in [4.69, 9.17) is 0 Å². The second-order valence-corrected chi connectivity index (χ2v) is 6.75. The van der Waals surface area contributed by atoms with Gasteiger partial charge in [-0.15, -0.1) is 0 Å². The Balaban J connectivity index is 1.45. The van der Waals surface area contributed by atoms with Gasteiger partial charge in [0.1, 0.15) is 6.33 Å². The predicted octanol–water partition coefficient (Wildman–Crippen LogP) is 3.80. The molecule has 0 unspecified atom stereocenters. The summed E-state index contributed by atoms with van der Waals surface area (Å²) in [5.41, 5.74) is 5.98. The molecule has 0 spiro atoms. The fourth-order valence-corrected chi connectivity index (χ4v) is 3.86. The Morgan fingerprint density at radius 3 is 2.56 bits per heavy atom. The standard InChI is InChI=1S/C20H22N4O/c25-19(23-24-15-22-17-10-4-5-11-18(17)24)21-14-20(12-6-7-13-20)16-8-2-1-3-9-16/h1-5,8-11,15H,6-7,12-14H2,(H2,21,23,25). The third-order valence-electron chi connectivity index (χ3n) is 5.21. The molecule has 3 aromatic rings. The first-order valence-corrected chi connectivity index (χ1v) is 8.79. The van der Waals surface area contributed by atoms with Crippen LogP contribution in [0.1, 0.15) is 31.2 Å². The highest BCUT2D eigenvalue weighted by Gasteiger charge is 2.35. The largest absolute Gasteiger partial charge is 0.336 e. The Bertz CT molecular complexity index is 866. The number of hydrogen-bond donors (Lipinski definition) is 2. The van der Waals surface area contributed by atoms with Gasteiger partial charge in [0.2, 0.25) is 0 Å². The average molecular weight is 334 g/mol. The van der Waals surface area contributed by atoms with Crippen LogP contribution in [0.3, 0.4) is 0 Å². The normalized spacial score (nSPS) is 16.0. The summed E-state index contributed by atoms with van der Waals surface area (Å²) in [5, 5.41) is 3.07. The second-order valence-electron chi connectivity index (χ2n) is 6.75. The maximum absolute atomic E-state index is 12.4. The quantitative estimate of drug-likeness (QED) is 0.762. The average Bonchev–Trinajstić information content (AvgIpc) is 3.29. The smallest absolute Gasteiger partial charge is 0.333 e. The summed E-state index contributed by atoms with van der Waals surface area (Å²) in [6.07, 6.45) is 6.29. The number of para-hydroxylation sites is 2. The minimum Gasteiger partial charge on any atom is -0.336 e. The van der Waals surface area contributed by atoms with Crippen LogP contribution in [0.4, 0.5) is 4.79 Å². The first-order chi connectivity index (χ1) is 12.3. The minimum atomic E-state index is -0.203. The number of carbonyl (C=O) groups is 1. The second kappa shape index (κ2) is 6.59. The first-order valence-electron chi connectivity index (χ1n) is 8.79. The van der Waals surface area contributed by atoms with Crippen LogP contribution < -0.4 is 10.7 Å². The van der Waals surface area contributed by atoms with Gasteiger partial charge in [-0.1, -0.05) is 55.3 Å². The molecule has 0 atom stereocenters. The molecule has 128 valence electrons. The lowest BCUT2D eigenvalue weighted by atomic mass is 9.79. The van der Waals surface area contributed by atoms with E-state index in [1.54, 1.807) is 11.0 Å². The Kier molecular flexibility index (Phi) is 4.14. The molecule has 5 nitrogen and oxygen atoms in total. The summed E-state index contributed by atoms with van der Waals surface area (Å²) < 4.78 is 1.66. The van der Waals surface area contributed by atoms with Crippen molar-refractivity contribution >= 4 is 17.1 Å². The van der Waals surface area contributed by atoms with Crippen LogP contribution >= 0.6 is 0 Å². The lowest BCUT2D eigenvalue weighted by Crippen LogP contribution is -2.42. The summed E-state index contributed by atoms with van der Waals surface area (Å²) in [6, 6.07) is 18.1. The van der Waals surface area contributed by atoms with Gasteiger partial charge in [0.25, 0.3) is 0 Å². The molecule has 1 saturated carbocycles. The van der Waals surface area contributed by atoms with E-state index in [0.29, 0.717) is 6.54 Å². The van der Waals surface area contributed by atoms with E-state index in [9.17, 15) is 4.79 Å². The Morgan fingerprint density at radius 2 is 1.76 bits per heavy atom. The molecule has 2 aromatic carbocycles. The highest BCUT2D eigenvalue weighted by atomic mass is 16.2. The number of nitrogens with one attached hydrogen (secondary N) is 2. The molecule has 5 heteroatoms. The molecule has 2 amide bonds. The zero-order valence-corrected chi connectivity index (χ0v) is 14.1. The third-order valence-corrected chi connectivity index (χ3v) is 5.21. The van der Waals surface area contributed by atoms with Crippen molar-refractivity contribution in [1.29, 1.82) is 0 Å². The van der Waals surface area contributed by atoms with Crippen LogP contribution in [0.2, 0.25) is 0 Å². The number of amides is 2. The predicted molar refractivity (Wildman–Crippen MR) is 99.1 cm³/mol. The summed E-state index contributed by atoms with van der Waals surface area (Å²) >= 11 is 0. The van der Waals surface area contributed by atoms with Gasteiger partial charge in [-0.3, -0.25) is 0 Å². The number of benzene rings is 2. The fraction of sp³-hybridized carbons (Fsp3) is 0.300. The van der Waals surface area contributed by atoms with Gasteiger partial charge >= 0.3 is 6.03 Å². The van der Waals surface area contributed by atoms with Crippen molar-refractivity contribution in [1.82, 2.24) is 15.0 Å². The summed E-state index contributed by atoms with van der Waals surface area (Å²) in [6.45, 7) is 0.648. The van der Waals surface area contributed by atoms with Crippen molar-refractivity contribution in [2.45, 2.75) is 31.1 Å². The van der Waals surface area contributed by atoms with Gasteiger partial charge in [0.05, 0.1) is 11.0 Å². The maximum atomic E-state index is 12.4. The van der Waals surface area contributed by atoms with Crippen molar-refractivity contribution in [3.8, 4) is 0 Å². The zero-order chi connectivity index (χ0) is 17.1. The van der Waals surface area contributed by atoms with Crippen LogP contribution in [0.15, 0.2) is 60.9 Å². The number of fused-ring (bicyclic) bond motifs is 1. The molecular formula is C20H22N4O. The molecule has 0 radical (unpaired) electrons. The molecule has 0 bridgehead atoms. The van der Waals surface area contributed by atoms with Crippen molar-refractivity contribution in [2.75, 3.05) is 12.0 Å². The zero-order valence-electron chi connectivity index (χ0n) is 14.1. The first kappa shape index (κ1) is 15.7. The number of urea groups is 1. The van der Waals surface area contributed by atoms with Gasteiger partial charge in [-0.05, 0) is 30.5 Å². The van der Waals surface area contributed by atoms with E-state index in [0.717, 1.165) is 23.9 Å². The SMILES string of the molecule is O=C(NCC1(c2ccccc2)CCCC1)Nn1cnc2ccccc21. The molecule has 1 aromatic heterocycles. The molecule has 1 heterocycles. The van der Waals surface area contributed by atoms with E-state index in [-0.39, 0.29) is 11.4 Å². The van der Waals surface area contributed by atoms with Crippen LogP contribution in [0, 0.1) is 0 Å². The molecule has 4 rings (SSSR count). The summed E-state index contributed by atoms with van der Waals surface area (Å²) in [5.74, 6) is 0. The van der Waals surface area contributed by atoms with Crippen LogP contribution in [0.25, 0.3) is 11.0 Å². The molecule has 1 aliphatic carbocycles. The highest BCUT2D eigenvalue weighted by Crippen LogP contribution is 2.40. The van der Waals surface area contributed by atoms with Crippen LogP contribution in [-0.2, 0) is 5.41 Å². The van der Waals surface area contributed by atoms with Crippen molar-refractivity contribution in [3.63, 3.8) is 0 Å². The van der Waals surface area contributed by atoms with E-state index in [2.05, 4.69) is 40.0 Å². The third kappa shape index (κ3) is 3.09. The van der Waals surface area contributed by atoms with Gasteiger partial charge in [-0.2, -0.15) is 0 Å². The number of hydrogen-bond acceptors (Lipinski definition) is 2. The lowest BCUT2D eigenvalue weighted by Gasteiger charge is -2.30. The Labute approximate surface area is 147 Å². The Hall–Kier alpha value is -2.82. The van der Waals surface area contributed by atoms with Crippen LogP contribution in [0.5, 0.6) is 0 Å². The molecule has 0 aliphatic heterocycles. The van der Waals surface area contributed by atoms with Gasteiger partial charge in [0.15, 0.2) is 0 Å². The molecule has 1 fully saturated rings. The van der Waals surface area contributed by atoms with Gasteiger partial charge in [0, 0.05) is 12.0 Å². The van der Waals surface area contributed by atoms with Crippen LogP contribution in [-0.4, -0.2) is 22.2 Å². The Morgan fingerprint density at radius 1 is 1.04 bits per heavy atom. The molecule has 2 N–H and O–H groups in total. The number of rotatable bonds is 4. The molecule has 1 aliphatic rings. The van der Waals surface area contributed by atoms with Crippen molar-refractivity contribution < 1.29 is 4.79 Å². The molecular weight excluding hydrogens is 312 g/mol. The highest BCUT2D eigenvalue weighted by molar-refractivity contribution is 5.85. The minimum absolute atomic E-state index is 0.0512. The summed E-state index contributed by atoms with van der Waals surface area (Å²) in [7, 11) is 0. The molecule has 25 heavy (non-hydrogen) atoms. The number of nitrogens with zero attached hydrogens (tertiary/aromatic N) is 2. The topological polar surface area (TPSA) is 59.0 Å². The van der Waals surface area contributed by atoms with E-state index in [1.165, 1.54) is 18.4 Å². The number of aromatic nitrogens is 2. The van der Waals surface area contributed by atoms with E-state index >= 15 is 0 Å². The van der Waals surface area contributed by atoms with Gasteiger partial charge in [-0.25, -0.2) is 19.9 Å².